The van der Waals surface area contributed by atoms with Gasteiger partial charge >= 0.3 is 0 Å². The van der Waals surface area contributed by atoms with Gasteiger partial charge in [-0.2, -0.15) is 0 Å². The normalized spacial score (nSPS) is 8.89. The van der Waals surface area contributed by atoms with Gasteiger partial charge in [0.25, 0.3) is 11.4 Å². The number of benzene rings is 2. The van der Waals surface area contributed by atoms with Gasteiger partial charge in [0.2, 0.25) is 0 Å². The third-order valence-electron chi connectivity index (χ3n) is 3.32. The highest BCUT2D eigenvalue weighted by molar-refractivity contribution is 5.41. The van der Waals surface area contributed by atoms with Crippen LogP contribution in [0.25, 0.3) is 0 Å². The average Bonchev–Trinajstić information content (AvgIpc) is 2.71. The SMILES string of the molecule is CC.CC.CC(C)c1ccccc1[N+](=O)[O-].CCc1ccccc1[N+](=O)[O-]. The van der Waals surface area contributed by atoms with Crippen LogP contribution < -0.4 is 0 Å². The van der Waals surface area contributed by atoms with Crippen molar-refractivity contribution in [1.29, 1.82) is 0 Å². The minimum atomic E-state index is -0.348. The van der Waals surface area contributed by atoms with Crippen LogP contribution in [0.3, 0.4) is 0 Å². The van der Waals surface area contributed by atoms with E-state index in [1.165, 1.54) is 12.1 Å². The van der Waals surface area contributed by atoms with E-state index >= 15 is 0 Å². The Kier molecular flexibility index (Phi) is 15.2. The third kappa shape index (κ3) is 9.49. The molecule has 0 saturated carbocycles. The molecule has 0 fully saturated rings. The Morgan fingerprint density at radius 2 is 1.19 bits per heavy atom. The Labute approximate surface area is 162 Å². The number of para-hydroxylation sites is 2. The second-order valence-corrected chi connectivity index (χ2v) is 5.21. The maximum absolute atomic E-state index is 10.5. The average molecular weight is 376 g/mol. The van der Waals surface area contributed by atoms with Crippen LogP contribution in [-0.4, -0.2) is 9.85 Å². The summed E-state index contributed by atoms with van der Waals surface area (Å²) < 4.78 is 0. The summed E-state index contributed by atoms with van der Waals surface area (Å²) in [6.45, 7) is 13.8. The van der Waals surface area contributed by atoms with Crippen LogP contribution in [0.5, 0.6) is 0 Å². The first-order chi connectivity index (χ1) is 12.9. The lowest BCUT2D eigenvalue weighted by molar-refractivity contribution is -0.385. The van der Waals surface area contributed by atoms with Gasteiger partial charge < -0.3 is 0 Å². The number of nitro benzene ring substituents is 2. The molecular formula is C21H32N2O4. The van der Waals surface area contributed by atoms with Gasteiger partial charge in [-0.1, -0.05) is 84.9 Å². The fourth-order valence-electron chi connectivity index (χ4n) is 2.13. The molecule has 2 rings (SSSR count). The van der Waals surface area contributed by atoms with Crippen molar-refractivity contribution in [1.82, 2.24) is 0 Å². The van der Waals surface area contributed by atoms with E-state index in [2.05, 4.69) is 0 Å². The van der Waals surface area contributed by atoms with Crippen molar-refractivity contribution in [2.75, 3.05) is 0 Å². The number of nitro groups is 2. The summed E-state index contributed by atoms with van der Waals surface area (Å²) in [5, 5.41) is 20.9. The van der Waals surface area contributed by atoms with Crippen molar-refractivity contribution >= 4 is 11.4 Å². The van der Waals surface area contributed by atoms with Gasteiger partial charge in [-0.3, -0.25) is 20.2 Å². The summed E-state index contributed by atoms with van der Waals surface area (Å²) in [6, 6.07) is 13.6. The zero-order valence-electron chi connectivity index (χ0n) is 17.4. The van der Waals surface area contributed by atoms with E-state index in [9.17, 15) is 20.2 Å². The minimum Gasteiger partial charge on any atom is -0.258 e. The summed E-state index contributed by atoms with van der Waals surface area (Å²) >= 11 is 0. The highest BCUT2D eigenvalue weighted by Gasteiger charge is 2.14. The molecule has 6 nitrogen and oxygen atoms in total. The van der Waals surface area contributed by atoms with Gasteiger partial charge in [0.15, 0.2) is 0 Å². The summed E-state index contributed by atoms with van der Waals surface area (Å²) in [7, 11) is 0. The first kappa shape index (κ1) is 26.5. The van der Waals surface area contributed by atoms with E-state index in [0.29, 0.717) is 6.42 Å². The highest BCUT2D eigenvalue weighted by Crippen LogP contribution is 2.25. The lowest BCUT2D eigenvalue weighted by Gasteiger charge is -2.04. The summed E-state index contributed by atoms with van der Waals surface area (Å²) in [5.41, 5.74) is 2.02. The van der Waals surface area contributed by atoms with Crippen molar-refractivity contribution in [3.63, 3.8) is 0 Å². The van der Waals surface area contributed by atoms with Crippen LogP contribution in [0.4, 0.5) is 11.4 Å². The lowest BCUT2D eigenvalue weighted by Crippen LogP contribution is -1.96. The molecule has 0 unspecified atom stereocenters. The van der Waals surface area contributed by atoms with Crippen LogP contribution in [0.15, 0.2) is 48.5 Å². The second kappa shape index (κ2) is 15.5. The van der Waals surface area contributed by atoms with Crippen molar-refractivity contribution in [3.8, 4) is 0 Å². The Bertz CT molecular complexity index is 685. The lowest BCUT2D eigenvalue weighted by atomic mass is 10.0. The highest BCUT2D eigenvalue weighted by atomic mass is 16.6. The quantitative estimate of drug-likeness (QED) is 0.427. The number of hydrogen-bond acceptors (Lipinski definition) is 4. The molecule has 0 amide bonds. The third-order valence-corrected chi connectivity index (χ3v) is 3.32. The van der Waals surface area contributed by atoms with E-state index in [0.717, 1.165) is 11.1 Å². The van der Waals surface area contributed by atoms with Gasteiger partial charge in [0.1, 0.15) is 0 Å². The summed E-state index contributed by atoms with van der Waals surface area (Å²) in [5.74, 6) is 0.201. The molecule has 150 valence electrons. The number of rotatable bonds is 4. The van der Waals surface area contributed by atoms with Gasteiger partial charge in [-0.25, -0.2) is 0 Å². The van der Waals surface area contributed by atoms with Crippen LogP contribution in [0.2, 0.25) is 0 Å². The predicted octanol–water partition coefficient (Wildman–Crippen LogP) is 6.93. The summed E-state index contributed by atoms with van der Waals surface area (Å²) in [4.78, 5) is 20.2. The molecule has 0 aliphatic rings. The maximum atomic E-state index is 10.5. The van der Waals surface area contributed by atoms with Crippen molar-refractivity contribution in [2.45, 2.75) is 60.8 Å². The fourth-order valence-corrected chi connectivity index (χ4v) is 2.13. The topological polar surface area (TPSA) is 86.3 Å². The second-order valence-electron chi connectivity index (χ2n) is 5.21. The first-order valence-corrected chi connectivity index (χ1v) is 9.34. The predicted molar refractivity (Wildman–Crippen MR) is 112 cm³/mol. The fraction of sp³-hybridized carbons (Fsp3) is 0.429. The number of nitrogens with zero attached hydrogens (tertiary/aromatic N) is 2. The van der Waals surface area contributed by atoms with Gasteiger partial charge in [-0.05, 0) is 12.3 Å². The van der Waals surface area contributed by atoms with E-state index in [4.69, 9.17) is 0 Å². The molecule has 0 aromatic heterocycles. The molecule has 0 heterocycles. The van der Waals surface area contributed by atoms with Crippen molar-refractivity contribution in [2.24, 2.45) is 0 Å². The molecule has 27 heavy (non-hydrogen) atoms. The van der Waals surface area contributed by atoms with E-state index in [-0.39, 0.29) is 27.1 Å². The molecule has 6 heteroatoms. The van der Waals surface area contributed by atoms with E-state index < -0.39 is 0 Å². The molecule has 0 spiro atoms. The molecule has 0 N–H and O–H groups in total. The Hall–Kier alpha value is -2.76. The van der Waals surface area contributed by atoms with E-state index in [1.807, 2.05) is 60.6 Å². The molecular weight excluding hydrogens is 344 g/mol. The Balaban J connectivity index is 0. The molecule has 2 aromatic carbocycles. The Morgan fingerprint density at radius 1 is 0.778 bits per heavy atom. The molecule has 0 aliphatic carbocycles. The minimum absolute atomic E-state index is 0.201. The molecule has 2 aromatic rings. The van der Waals surface area contributed by atoms with Crippen LogP contribution in [0.1, 0.15) is 65.5 Å². The molecule has 0 aliphatic heterocycles. The van der Waals surface area contributed by atoms with Crippen LogP contribution in [0, 0.1) is 20.2 Å². The number of hydrogen-bond donors (Lipinski definition) is 0. The van der Waals surface area contributed by atoms with Crippen molar-refractivity contribution in [3.05, 3.63) is 79.9 Å². The van der Waals surface area contributed by atoms with Gasteiger partial charge in [-0.15, -0.1) is 0 Å². The van der Waals surface area contributed by atoms with Crippen molar-refractivity contribution < 1.29 is 9.85 Å². The molecule has 0 radical (unpaired) electrons. The largest absolute Gasteiger partial charge is 0.272 e. The van der Waals surface area contributed by atoms with Crippen LogP contribution >= 0.6 is 0 Å². The zero-order valence-corrected chi connectivity index (χ0v) is 17.4. The van der Waals surface area contributed by atoms with Gasteiger partial charge in [0, 0.05) is 23.3 Å². The first-order valence-electron chi connectivity index (χ1n) is 9.34. The summed E-state index contributed by atoms with van der Waals surface area (Å²) in [6.07, 6.45) is 0.706. The molecule has 0 saturated heterocycles. The van der Waals surface area contributed by atoms with Crippen LogP contribution in [-0.2, 0) is 6.42 Å². The maximum Gasteiger partial charge on any atom is 0.272 e. The Morgan fingerprint density at radius 3 is 1.52 bits per heavy atom. The van der Waals surface area contributed by atoms with E-state index in [1.54, 1.807) is 24.3 Å². The molecule has 0 bridgehead atoms. The standard InChI is InChI=1S/C9H11NO2.C8H9NO2.2C2H6/c1-7(2)8-5-3-4-6-9(8)10(11)12;1-2-7-5-3-4-6-8(7)9(10)11;2*1-2/h3-7H,1-2H3;3-6H,2H2,1H3;2*1-2H3. The molecule has 0 atom stereocenters. The smallest absolute Gasteiger partial charge is 0.258 e. The number of aryl methyl sites for hydroxylation is 1. The monoisotopic (exact) mass is 376 g/mol. The van der Waals surface area contributed by atoms with Gasteiger partial charge in [0.05, 0.1) is 9.85 Å². The zero-order chi connectivity index (χ0) is 21.4.